The predicted octanol–water partition coefficient (Wildman–Crippen LogP) is 4.10. The van der Waals surface area contributed by atoms with Gasteiger partial charge in [-0.2, -0.15) is 0 Å². The summed E-state index contributed by atoms with van der Waals surface area (Å²) in [6.07, 6.45) is 0. The highest BCUT2D eigenvalue weighted by Crippen LogP contribution is 2.26. The summed E-state index contributed by atoms with van der Waals surface area (Å²) in [5.41, 5.74) is 2.49. The van der Waals surface area contributed by atoms with E-state index in [9.17, 15) is 13.2 Å². The predicted molar refractivity (Wildman–Crippen MR) is 112 cm³/mol. The van der Waals surface area contributed by atoms with Crippen molar-refractivity contribution in [2.24, 2.45) is 0 Å². The molecule has 0 unspecified atom stereocenters. The molecule has 144 valence electrons. The van der Waals surface area contributed by atoms with Gasteiger partial charge in [-0.15, -0.1) is 0 Å². The average molecular weight is 394 g/mol. The Kier molecular flexibility index (Phi) is 5.51. The van der Waals surface area contributed by atoms with Crippen LogP contribution in [0.25, 0.3) is 0 Å². The molecule has 3 rings (SSSR count). The summed E-state index contributed by atoms with van der Waals surface area (Å²) in [5.74, 6) is -0.276. The Morgan fingerprint density at radius 3 is 2.14 bits per heavy atom. The molecule has 5 nitrogen and oxygen atoms in total. The number of sulfonamides is 1. The normalized spacial score (nSPS) is 11.1. The maximum absolute atomic E-state index is 13.1. The fraction of sp³-hybridized carbons (Fsp3) is 0.136. The molecule has 3 aromatic carbocycles. The second-order valence-electron chi connectivity index (χ2n) is 6.49. The van der Waals surface area contributed by atoms with Gasteiger partial charge < -0.3 is 4.90 Å². The zero-order valence-corrected chi connectivity index (χ0v) is 16.8. The first-order valence-electron chi connectivity index (χ1n) is 8.80. The average Bonchev–Trinajstić information content (AvgIpc) is 2.73. The number of hydrogen-bond acceptors (Lipinski definition) is 3. The van der Waals surface area contributed by atoms with Crippen molar-refractivity contribution in [3.8, 4) is 0 Å². The first-order valence-corrected chi connectivity index (χ1v) is 10.2. The second kappa shape index (κ2) is 7.86. The maximum atomic E-state index is 13.1. The lowest BCUT2D eigenvalue weighted by atomic mass is 10.2. The monoisotopic (exact) mass is 394 g/mol. The van der Waals surface area contributed by atoms with Crippen LogP contribution in [0.4, 0.5) is 11.4 Å². The van der Waals surface area contributed by atoms with E-state index in [0.717, 1.165) is 11.3 Å². The topological polar surface area (TPSA) is 57.7 Å². The molecule has 0 N–H and O–H groups in total. The molecule has 1 amide bonds. The molecule has 3 aromatic rings. The van der Waals surface area contributed by atoms with Crippen molar-refractivity contribution >= 4 is 27.3 Å². The third kappa shape index (κ3) is 3.77. The minimum absolute atomic E-state index is 0.0746. The number of hydrogen-bond donors (Lipinski definition) is 0. The summed E-state index contributed by atoms with van der Waals surface area (Å²) in [5, 5.41) is 0. The molecule has 0 aromatic heterocycles. The van der Waals surface area contributed by atoms with Gasteiger partial charge in [0.1, 0.15) is 0 Å². The lowest BCUT2D eigenvalue weighted by Gasteiger charge is -2.22. The molecule has 0 saturated heterocycles. The molecule has 0 heterocycles. The highest BCUT2D eigenvalue weighted by Gasteiger charge is 2.24. The highest BCUT2D eigenvalue weighted by atomic mass is 32.2. The van der Waals surface area contributed by atoms with Gasteiger partial charge in [-0.25, -0.2) is 8.42 Å². The maximum Gasteiger partial charge on any atom is 0.264 e. The summed E-state index contributed by atoms with van der Waals surface area (Å²) in [6, 6.07) is 22.6. The fourth-order valence-electron chi connectivity index (χ4n) is 2.96. The number of carbonyl (C=O) groups is 1. The Hall–Kier alpha value is -3.12. The van der Waals surface area contributed by atoms with Crippen LogP contribution in [0, 0.1) is 6.92 Å². The standard InChI is InChI=1S/C22H22N2O3S/c1-17-10-7-8-15-21(17)24(3)28(26,27)20-14-9-11-18(16-20)22(25)23(2)19-12-5-4-6-13-19/h4-16H,1-3H3. The molecule has 0 aliphatic rings. The Morgan fingerprint density at radius 1 is 0.821 bits per heavy atom. The number of carbonyl (C=O) groups excluding carboxylic acids is 1. The quantitative estimate of drug-likeness (QED) is 0.655. The van der Waals surface area contributed by atoms with E-state index >= 15 is 0 Å². The summed E-state index contributed by atoms with van der Waals surface area (Å²) < 4.78 is 27.4. The zero-order valence-electron chi connectivity index (χ0n) is 16.0. The van der Waals surface area contributed by atoms with Crippen LogP contribution in [-0.2, 0) is 10.0 Å². The number of nitrogens with zero attached hydrogens (tertiary/aromatic N) is 2. The largest absolute Gasteiger partial charge is 0.311 e. The van der Waals surface area contributed by atoms with E-state index < -0.39 is 10.0 Å². The van der Waals surface area contributed by atoms with Crippen LogP contribution >= 0.6 is 0 Å². The van der Waals surface area contributed by atoms with Crippen LogP contribution < -0.4 is 9.21 Å². The van der Waals surface area contributed by atoms with E-state index in [2.05, 4.69) is 0 Å². The first-order chi connectivity index (χ1) is 13.3. The molecule has 0 spiro atoms. The molecule has 0 radical (unpaired) electrons. The van der Waals surface area contributed by atoms with Crippen molar-refractivity contribution in [1.29, 1.82) is 0 Å². The SMILES string of the molecule is Cc1ccccc1N(C)S(=O)(=O)c1cccc(C(=O)N(C)c2ccccc2)c1. The van der Waals surface area contributed by atoms with Crippen molar-refractivity contribution in [2.75, 3.05) is 23.3 Å². The number of rotatable bonds is 5. The van der Waals surface area contributed by atoms with Crippen molar-refractivity contribution in [3.63, 3.8) is 0 Å². The van der Waals surface area contributed by atoms with Gasteiger partial charge in [-0.05, 0) is 48.9 Å². The molecule has 0 saturated carbocycles. The Labute approximate surface area is 165 Å². The zero-order chi connectivity index (χ0) is 20.3. The van der Waals surface area contributed by atoms with Crippen LogP contribution in [-0.4, -0.2) is 28.4 Å². The number of benzene rings is 3. The Balaban J connectivity index is 1.94. The van der Waals surface area contributed by atoms with Gasteiger partial charge in [-0.3, -0.25) is 9.10 Å². The highest BCUT2D eigenvalue weighted by molar-refractivity contribution is 7.92. The van der Waals surface area contributed by atoms with E-state index in [1.807, 2.05) is 49.4 Å². The van der Waals surface area contributed by atoms with Gasteiger partial charge in [0.05, 0.1) is 10.6 Å². The van der Waals surface area contributed by atoms with Gasteiger partial charge in [-0.1, -0.05) is 42.5 Å². The molecule has 0 aliphatic heterocycles. The van der Waals surface area contributed by atoms with E-state index in [1.165, 1.54) is 28.4 Å². The summed E-state index contributed by atoms with van der Waals surface area (Å²) in [6.45, 7) is 1.86. The molecular formula is C22H22N2O3S. The van der Waals surface area contributed by atoms with Gasteiger partial charge in [0.15, 0.2) is 0 Å². The van der Waals surface area contributed by atoms with E-state index in [4.69, 9.17) is 0 Å². The molecule has 0 bridgehead atoms. The van der Waals surface area contributed by atoms with Crippen LogP contribution in [0.15, 0.2) is 83.8 Å². The van der Waals surface area contributed by atoms with Crippen LogP contribution in [0.5, 0.6) is 0 Å². The lowest BCUT2D eigenvalue weighted by Crippen LogP contribution is -2.29. The van der Waals surface area contributed by atoms with Crippen molar-refractivity contribution in [1.82, 2.24) is 0 Å². The molecule has 28 heavy (non-hydrogen) atoms. The smallest absolute Gasteiger partial charge is 0.264 e. The summed E-state index contributed by atoms with van der Waals surface area (Å²) in [4.78, 5) is 14.4. The van der Waals surface area contributed by atoms with E-state index in [1.54, 1.807) is 31.3 Å². The molecule has 0 fully saturated rings. The van der Waals surface area contributed by atoms with Gasteiger partial charge >= 0.3 is 0 Å². The minimum atomic E-state index is -3.80. The molecule has 6 heteroatoms. The third-order valence-corrected chi connectivity index (χ3v) is 6.41. The van der Waals surface area contributed by atoms with Gasteiger partial charge in [0.25, 0.3) is 15.9 Å². The van der Waals surface area contributed by atoms with Crippen molar-refractivity contribution in [2.45, 2.75) is 11.8 Å². The minimum Gasteiger partial charge on any atom is -0.311 e. The van der Waals surface area contributed by atoms with E-state index in [0.29, 0.717) is 11.3 Å². The summed E-state index contributed by atoms with van der Waals surface area (Å²) >= 11 is 0. The van der Waals surface area contributed by atoms with Gasteiger partial charge in [0, 0.05) is 25.3 Å². The van der Waals surface area contributed by atoms with Gasteiger partial charge in [0.2, 0.25) is 0 Å². The number of para-hydroxylation sites is 2. The second-order valence-corrected chi connectivity index (χ2v) is 8.46. The van der Waals surface area contributed by atoms with E-state index in [-0.39, 0.29) is 10.8 Å². The Morgan fingerprint density at radius 2 is 1.46 bits per heavy atom. The van der Waals surface area contributed by atoms with Crippen molar-refractivity contribution < 1.29 is 13.2 Å². The van der Waals surface area contributed by atoms with Crippen LogP contribution in [0.1, 0.15) is 15.9 Å². The van der Waals surface area contributed by atoms with Crippen molar-refractivity contribution in [3.05, 3.63) is 90.0 Å². The summed E-state index contributed by atoms with van der Waals surface area (Å²) in [7, 11) is -0.617. The number of amides is 1. The number of anilines is 2. The fourth-order valence-corrected chi connectivity index (χ4v) is 4.26. The lowest BCUT2D eigenvalue weighted by molar-refractivity contribution is 0.0993. The molecular weight excluding hydrogens is 372 g/mol. The molecule has 0 atom stereocenters. The Bertz CT molecular complexity index is 1100. The van der Waals surface area contributed by atoms with Crippen LogP contribution in [0.3, 0.4) is 0 Å². The molecule has 0 aliphatic carbocycles. The first kappa shape index (κ1) is 19.6. The number of aryl methyl sites for hydroxylation is 1. The third-order valence-electron chi connectivity index (χ3n) is 4.64. The van der Waals surface area contributed by atoms with Crippen LogP contribution in [0.2, 0.25) is 0 Å².